The molecule has 1 atom stereocenters. The Kier molecular flexibility index (Phi) is 3.92. The smallest absolute Gasteiger partial charge is 0.280 e. The first-order valence-corrected chi connectivity index (χ1v) is 9.36. The summed E-state index contributed by atoms with van der Waals surface area (Å²) in [6.07, 6.45) is 0. The number of ether oxygens (including phenoxy) is 1. The van der Waals surface area contributed by atoms with Crippen molar-refractivity contribution in [3.05, 3.63) is 47.5 Å². The van der Waals surface area contributed by atoms with Crippen molar-refractivity contribution in [3.8, 4) is 5.75 Å². The third kappa shape index (κ3) is 2.84. The monoisotopic (exact) mass is 381 g/mol. The Labute approximate surface area is 160 Å². The van der Waals surface area contributed by atoms with Crippen molar-refractivity contribution >= 4 is 44.2 Å². The van der Waals surface area contributed by atoms with E-state index in [2.05, 4.69) is 10.3 Å². The molecule has 0 bridgehead atoms. The molecular formula is C20H19N3O3S. The lowest BCUT2D eigenvalue weighted by molar-refractivity contribution is -0.144. The number of hydrogen-bond donors (Lipinski definition) is 1. The van der Waals surface area contributed by atoms with Crippen molar-refractivity contribution in [3.63, 3.8) is 0 Å². The number of likely N-dealkylation sites (N-methyl/N-ethyl adjacent to an activating group) is 1. The first kappa shape index (κ1) is 17.5. The van der Waals surface area contributed by atoms with Crippen LogP contribution in [0.25, 0.3) is 10.2 Å². The number of carbonyl (C=O) groups excluding carboxylic acids is 2. The minimum atomic E-state index is -1.66. The molecule has 0 saturated heterocycles. The molecule has 2 aromatic carbocycles. The van der Waals surface area contributed by atoms with Gasteiger partial charge in [0.2, 0.25) is 0 Å². The van der Waals surface area contributed by atoms with Crippen LogP contribution in [0.15, 0.2) is 36.4 Å². The number of aryl methyl sites for hydroxylation is 2. The summed E-state index contributed by atoms with van der Waals surface area (Å²) in [4.78, 5) is 31.7. The minimum absolute atomic E-state index is 0.421. The average Bonchev–Trinajstić information content (AvgIpc) is 3.02. The van der Waals surface area contributed by atoms with E-state index in [4.69, 9.17) is 4.74 Å². The van der Waals surface area contributed by atoms with Gasteiger partial charge in [0.15, 0.2) is 5.13 Å². The van der Waals surface area contributed by atoms with Gasteiger partial charge in [0.05, 0.1) is 15.9 Å². The zero-order valence-electron chi connectivity index (χ0n) is 15.5. The van der Waals surface area contributed by atoms with E-state index in [0.29, 0.717) is 16.6 Å². The van der Waals surface area contributed by atoms with E-state index in [9.17, 15) is 9.59 Å². The van der Waals surface area contributed by atoms with E-state index < -0.39 is 17.4 Å². The van der Waals surface area contributed by atoms with Crippen LogP contribution < -0.4 is 15.0 Å². The van der Waals surface area contributed by atoms with Crippen LogP contribution in [-0.4, -0.2) is 29.4 Å². The Balaban J connectivity index is 1.65. The lowest BCUT2D eigenvalue weighted by atomic mass is 10.00. The number of benzene rings is 2. The van der Waals surface area contributed by atoms with E-state index in [1.54, 1.807) is 13.1 Å². The Morgan fingerprint density at radius 1 is 1.19 bits per heavy atom. The van der Waals surface area contributed by atoms with Crippen LogP contribution in [0.3, 0.4) is 0 Å². The number of hydrogen-bond acceptors (Lipinski definition) is 5. The van der Waals surface area contributed by atoms with Gasteiger partial charge in [0.1, 0.15) is 5.75 Å². The number of aromatic nitrogens is 1. The third-order valence-corrected chi connectivity index (χ3v) is 5.63. The van der Waals surface area contributed by atoms with Gasteiger partial charge in [0.25, 0.3) is 17.4 Å². The number of anilines is 2. The highest BCUT2D eigenvalue weighted by Gasteiger charge is 2.50. The molecule has 27 heavy (non-hydrogen) atoms. The highest BCUT2D eigenvalue weighted by Crippen LogP contribution is 2.38. The van der Waals surface area contributed by atoms with Crippen LogP contribution in [0.1, 0.15) is 18.1 Å². The van der Waals surface area contributed by atoms with E-state index in [1.165, 1.54) is 23.2 Å². The number of fused-ring (bicyclic) bond motifs is 2. The van der Waals surface area contributed by atoms with Gasteiger partial charge >= 0.3 is 0 Å². The summed E-state index contributed by atoms with van der Waals surface area (Å²) in [5.74, 6) is -0.461. The van der Waals surface area contributed by atoms with Crippen LogP contribution in [-0.2, 0) is 9.59 Å². The Morgan fingerprint density at radius 2 is 1.89 bits per heavy atom. The molecule has 6 nitrogen and oxygen atoms in total. The van der Waals surface area contributed by atoms with Crippen LogP contribution in [0.5, 0.6) is 5.75 Å². The molecule has 1 aliphatic rings. The molecule has 1 unspecified atom stereocenters. The fourth-order valence-corrected chi connectivity index (χ4v) is 4.07. The first-order chi connectivity index (χ1) is 12.8. The van der Waals surface area contributed by atoms with E-state index in [1.807, 2.05) is 44.2 Å². The van der Waals surface area contributed by atoms with Crippen LogP contribution in [0.4, 0.5) is 10.8 Å². The topological polar surface area (TPSA) is 71.5 Å². The molecule has 0 spiro atoms. The number of thiazole rings is 1. The highest BCUT2D eigenvalue weighted by atomic mass is 32.1. The summed E-state index contributed by atoms with van der Waals surface area (Å²) in [5, 5.41) is 3.19. The standard InChI is InChI=1S/C20H19N3O3S/c1-11-6-8-15-14(9-11)23(4)18(25)20(3,26-15)17(24)22-19-21-13-7-5-12(2)10-16(13)27-19/h5-10H,1-4H3,(H,21,22,24). The Hall–Kier alpha value is -2.93. The van der Waals surface area contributed by atoms with Gasteiger partial charge in [-0.2, -0.15) is 0 Å². The van der Waals surface area contributed by atoms with Crippen molar-refractivity contribution in [1.29, 1.82) is 0 Å². The molecule has 1 aliphatic heterocycles. The molecule has 3 aromatic rings. The second-order valence-corrected chi connectivity index (χ2v) is 7.95. The Bertz CT molecular complexity index is 1090. The number of amides is 2. The maximum atomic E-state index is 12.9. The van der Waals surface area contributed by atoms with Crippen molar-refractivity contribution in [2.45, 2.75) is 26.4 Å². The van der Waals surface area contributed by atoms with E-state index >= 15 is 0 Å². The largest absolute Gasteiger partial charge is 0.465 e. The molecule has 138 valence electrons. The highest BCUT2D eigenvalue weighted by molar-refractivity contribution is 7.22. The summed E-state index contributed by atoms with van der Waals surface area (Å²) in [6.45, 7) is 5.43. The van der Waals surface area contributed by atoms with Gasteiger partial charge in [-0.3, -0.25) is 14.9 Å². The Morgan fingerprint density at radius 3 is 2.67 bits per heavy atom. The van der Waals surface area contributed by atoms with Gasteiger partial charge in [-0.15, -0.1) is 0 Å². The molecule has 0 radical (unpaired) electrons. The van der Waals surface area contributed by atoms with Crippen molar-refractivity contribution in [2.24, 2.45) is 0 Å². The average molecular weight is 381 g/mol. The van der Waals surface area contributed by atoms with Crippen molar-refractivity contribution in [1.82, 2.24) is 4.98 Å². The molecule has 2 heterocycles. The second-order valence-electron chi connectivity index (χ2n) is 6.91. The number of nitrogens with one attached hydrogen (secondary N) is 1. The second kappa shape index (κ2) is 6.06. The van der Waals surface area contributed by atoms with Gasteiger partial charge in [-0.25, -0.2) is 4.98 Å². The predicted molar refractivity (Wildman–Crippen MR) is 107 cm³/mol. The molecular weight excluding hydrogens is 362 g/mol. The molecule has 0 fully saturated rings. The molecule has 7 heteroatoms. The maximum absolute atomic E-state index is 12.9. The normalized spacial score (nSPS) is 19.0. The van der Waals surface area contributed by atoms with Crippen LogP contribution in [0, 0.1) is 13.8 Å². The third-order valence-electron chi connectivity index (χ3n) is 4.70. The van der Waals surface area contributed by atoms with Crippen molar-refractivity contribution in [2.75, 3.05) is 17.3 Å². The molecule has 2 amide bonds. The summed E-state index contributed by atoms with van der Waals surface area (Å²) in [6, 6.07) is 11.4. The zero-order valence-corrected chi connectivity index (χ0v) is 16.3. The molecule has 1 N–H and O–H groups in total. The van der Waals surface area contributed by atoms with Crippen LogP contribution in [0.2, 0.25) is 0 Å². The minimum Gasteiger partial charge on any atom is -0.465 e. The summed E-state index contributed by atoms with van der Waals surface area (Å²) >= 11 is 1.37. The fraction of sp³-hybridized carbons (Fsp3) is 0.250. The van der Waals surface area contributed by atoms with Gasteiger partial charge < -0.3 is 9.64 Å². The number of rotatable bonds is 2. The molecule has 4 rings (SSSR count). The first-order valence-electron chi connectivity index (χ1n) is 8.54. The number of nitrogens with zero attached hydrogens (tertiary/aromatic N) is 2. The summed E-state index contributed by atoms with van der Waals surface area (Å²) < 4.78 is 6.83. The summed E-state index contributed by atoms with van der Waals surface area (Å²) in [5.41, 5.74) is 1.93. The maximum Gasteiger partial charge on any atom is 0.280 e. The lowest BCUT2D eigenvalue weighted by Gasteiger charge is -2.37. The van der Waals surface area contributed by atoms with Gasteiger partial charge in [-0.05, 0) is 56.2 Å². The molecule has 0 aliphatic carbocycles. The van der Waals surface area contributed by atoms with Gasteiger partial charge in [0, 0.05) is 7.05 Å². The SMILES string of the molecule is Cc1ccc2c(c1)N(C)C(=O)C(C)(C(=O)Nc1nc3ccc(C)cc3s1)O2. The predicted octanol–water partition coefficient (Wildman–Crippen LogP) is 3.67. The fourth-order valence-electron chi connectivity index (χ4n) is 3.11. The quantitative estimate of drug-likeness (QED) is 0.688. The van der Waals surface area contributed by atoms with E-state index in [-0.39, 0.29) is 0 Å². The zero-order chi connectivity index (χ0) is 19.3. The summed E-state index contributed by atoms with van der Waals surface area (Å²) in [7, 11) is 1.65. The lowest BCUT2D eigenvalue weighted by Crippen LogP contribution is -2.59. The molecule has 1 aromatic heterocycles. The number of carbonyl (C=O) groups is 2. The van der Waals surface area contributed by atoms with Gasteiger partial charge in [-0.1, -0.05) is 23.5 Å². The van der Waals surface area contributed by atoms with Crippen LogP contribution >= 0.6 is 11.3 Å². The van der Waals surface area contributed by atoms with E-state index in [0.717, 1.165) is 21.3 Å². The molecule has 0 saturated carbocycles. The van der Waals surface area contributed by atoms with Crippen molar-refractivity contribution < 1.29 is 14.3 Å².